The van der Waals surface area contributed by atoms with E-state index in [-0.39, 0.29) is 11.8 Å². The summed E-state index contributed by atoms with van der Waals surface area (Å²) in [7, 11) is 0. The van der Waals surface area contributed by atoms with Crippen LogP contribution in [0.25, 0.3) is 10.8 Å². The maximum Gasteiger partial charge on any atom is 0.167 e. The molecule has 0 spiro atoms. The molecule has 3 nitrogen and oxygen atoms in total. The number of pyridine rings is 1. The van der Waals surface area contributed by atoms with Crippen molar-refractivity contribution >= 4 is 34.5 Å². The van der Waals surface area contributed by atoms with Gasteiger partial charge in [0.2, 0.25) is 0 Å². The summed E-state index contributed by atoms with van der Waals surface area (Å²) < 4.78 is 0. The number of aromatic nitrogens is 1. The first-order valence-corrected chi connectivity index (χ1v) is 6.96. The number of ketones is 1. The Hall–Kier alpha value is -1.68. The molecule has 90 valence electrons. The van der Waals surface area contributed by atoms with Crippen molar-refractivity contribution in [1.82, 2.24) is 4.98 Å². The number of thioether (sulfide) groups is 1. The molecule has 1 aromatic heterocycles. The van der Waals surface area contributed by atoms with Gasteiger partial charge in [-0.2, -0.15) is 11.8 Å². The molecular formula is C14H12N2OS. The predicted molar refractivity (Wildman–Crippen MR) is 75.5 cm³/mol. The van der Waals surface area contributed by atoms with Gasteiger partial charge in [0.15, 0.2) is 5.78 Å². The first-order chi connectivity index (χ1) is 8.84. The van der Waals surface area contributed by atoms with Crippen molar-refractivity contribution in [2.75, 3.05) is 11.5 Å². The molecule has 1 fully saturated rings. The molecule has 1 aliphatic heterocycles. The molecule has 18 heavy (non-hydrogen) atoms. The summed E-state index contributed by atoms with van der Waals surface area (Å²) in [6.07, 6.45) is 5.41. The molecule has 0 saturated carbocycles. The predicted octanol–water partition coefficient (Wildman–Crippen LogP) is 2.34. The molecule has 2 aromatic rings. The highest BCUT2D eigenvalue weighted by molar-refractivity contribution is 8.00. The van der Waals surface area contributed by atoms with Gasteiger partial charge in [-0.15, -0.1) is 0 Å². The fourth-order valence-corrected chi connectivity index (χ4v) is 3.01. The molecule has 2 heterocycles. The zero-order valence-corrected chi connectivity index (χ0v) is 10.6. The molecule has 3 rings (SSSR count). The molecule has 0 aliphatic carbocycles. The van der Waals surface area contributed by atoms with E-state index in [0.717, 1.165) is 22.1 Å². The van der Waals surface area contributed by atoms with E-state index in [1.54, 1.807) is 24.2 Å². The number of fused-ring (bicyclic) bond motifs is 1. The van der Waals surface area contributed by atoms with Crippen molar-refractivity contribution in [3.63, 3.8) is 0 Å². The standard InChI is InChI=1S/C14H12N2OS/c17-14-9-18-8-13(14)16-7-11-6-15-5-10-3-1-2-4-12(10)11/h1-7,13H,8-9H2. The van der Waals surface area contributed by atoms with Gasteiger partial charge >= 0.3 is 0 Å². The van der Waals surface area contributed by atoms with Gasteiger partial charge in [0, 0.05) is 35.3 Å². The van der Waals surface area contributed by atoms with Crippen LogP contribution in [-0.4, -0.2) is 34.5 Å². The number of rotatable bonds is 2. The summed E-state index contributed by atoms with van der Waals surface area (Å²) in [5, 5.41) is 2.21. The Kier molecular flexibility index (Phi) is 3.11. The minimum atomic E-state index is -0.172. The fraction of sp³-hybridized carbons (Fsp3) is 0.214. The lowest BCUT2D eigenvalue weighted by molar-refractivity contribution is -0.116. The first-order valence-electron chi connectivity index (χ1n) is 5.81. The molecule has 1 saturated heterocycles. The maximum absolute atomic E-state index is 11.5. The van der Waals surface area contributed by atoms with Crippen molar-refractivity contribution in [2.45, 2.75) is 6.04 Å². The molecule has 4 heteroatoms. The van der Waals surface area contributed by atoms with E-state index in [9.17, 15) is 4.79 Å². The molecule has 1 aliphatic rings. The number of Topliss-reactive ketones (excluding diaryl/α,β-unsaturated/α-hetero) is 1. The van der Waals surface area contributed by atoms with Crippen LogP contribution in [0.15, 0.2) is 41.7 Å². The van der Waals surface area contributed by atoms with Gasteiger partial charge in [-0.25, -0.2) is 0 Å². The monoisotopic (exact) mass is 256 g/mol. The minimum absolute atomic E-state index is 0.172. The third-order valence-corrected chi connectivity index (χ3v) is 4.02. The van der Waals surface area contributed by atoms with Crippen LogP contribution in [-0.2, 0) is 4.79 Å². The SMILES string of the molecule is O=C1CSCC1N=Cc1cncc2ccccc12. The molecule has 1 atom stereocenters. The Bertz CT molecular complexity index is 619. The lowest BCUT2D eigenvalue weighted by Crippen LogP contribution is -2.15. The van der Waals surface area contributed by atoms with E-state index in [0.29, 0.717) is 5.75 Å². The summed E-state index contributed by atoms with van der Waals surface area (Å²) in [6.45, 7) is 0. The number of aliphatic imine (C=N–C) groups is 1. The Morgan fingerprint density at radius 2 is 2.22 bits per heavy atom. The molecule has 1 unspecified atom stereocenters. The molecule has 0 amide bonds. The Morgan fingerprint density at radius 3 is 3.06 bits per heavy atom. The molecule has 0 radical (unpaired) electrons. The Morgan fingerprint density at radius 1 is 1.33 bits per heavy atom. The average Bonchev–Trinajstić information content (AvgIpc) is 2.82. The summed E-state index contributed by atoms with van der Waals surface area (Å²) in [6, 6.07) is 7.88. The zero-order valence-electron chi connectivity index (χ0n) is 9.74. The van der Waals surface area contributed by atoms with Crippen LogP contribution < -0.4 is 0 Å². The molecular weight excluding hydrogens is 244 g/mol. The van der Waals surface area contributed by atoms with Crippen LogP contribution in [0.2, 0.25) is 0 Å². The Labute approximate surface area is 109 Å². The van der Waals surface area contributed by atoms with Gasteiger partial charge in [0.1, 0.15) is 6.04 Å². The molecule has 0 bridgehead atoms. The van der Waals surface area contributed by atoms with Gasteiger partial charge in [-0.3, -0.25) is 14.8 Å². The third-order valence-electron chi connectivity index (χ3n) is 2.98. The first kappa shape index (κ1) is 11.4. The van der Waals surface area contributed by atoms with Crippen LogP contribution in [0.3, 0.4) is 0 Å². The number of nitrogens with zero attached hydrogens (tertiary/aromatic N) is 2. The second kappa shape index (κ2) is 4.90. The van der Waals surface area contributed by atoms with E-state index < -0.39 is 0 Å². The number of hydrogen-bond acceptors (Lipinski definition) is 4. The van der Waals surface area contributed by atoms with Crippen molar-refractivity contribution in [1.29, 1.82) is 0 Å². The van der Waals surface area contributed by atoms with Crippen LogP contribution in [0.1, 0.15) is 5.56 Å². The number of carbonyl (C=O) groups is 1. The maximum atomic E-state index is 11.5. The van der Waals surface area contributed by atoms with Gasteiger partial charge in [-0.05, 0) is 5.39 Å². The number of carbonyl (C=O) groups excluding carboxylic acids is 1. The van der Waals surface area contributed by atoms with Gasteiger partial charge in [0.25, 0.3) is 0 Å². The van der Waals surface area contributed by atoms with Crippen LogP contribution in [0.4, 0.5) is 0 Å². The van der Waals surface area contributed by atoms with Crippen molar-refractivity contribution in [3.8, 4) is 0 Å². The second-order valence-electron chi connectivity index (χ2n) is 4.23. The minimum Gasteiger partial charge on any atom is -0.296 e. The van der Waals surface area contributed by atoms with Crippen molar-refractivity contribution in [3.05, 3.63) is 42.2 Å². The van der Waals surface area contributed by atoms with E-state index in [1.807, 2.05) is 30.5 Å². The van der Waals surface area contributed by atoms with E-state index >= 15 is 0 Å². The van der Waals surface area contributed by atoms with E-state index in [1.165, 1.54) is 0 Å². The lowest BCUT2D eigenvalue weighted by atomic mass is 10.1. The summed E-state index contributed by atoms with van der Waals surface area (Å²) in [5.74, 6) is 1.62. The lowest BCUT2D eigenvalue weighted by Gasteiger charge is -2.02. The number of benzene rings is 1. The fourth-order valence-electron chi connectivity index (χ4n) is 2.00. The zero-order chi connectivity index (χ0) is 12.4. The van der Waals surface area contributed by atoms with Crippen LogP contribution in [0, 0.1) is 0 Å². The highest BCUT2D eigenvalue weighted by atomic mass is 32.2. The molecule has 1 aromatic carbocycles. The van der Waals surface area contributed by atoms with Crippen molar-refractivity contribution in [2.24, 2.45) is 4.99 Å². The van der Waals surface area contributed by atoms with E-state index in [2.05, 4.69) is 9.98 Å². The quantitative estimate of drug-likeness (QED) is 0.774. The molecule has 0 N–H and O–H groups in total. The third kappa shape index (κ3) is 2.16. The van der Waals surface area contributed by atoms with Gasteiger partial charge < -0.3 is 0 Å². The summed E-state index contributed by atoms with van der Waals surface area (Å²) in [5.41, 5.74) is 0.970. The van der Waals surface area contributed by atoms with Crippen LogP contribution in [0.5, 0.6) is 0 Å². The number of hydrogen-bond donors (Lipinski definition) is 0. The normalized spacial score (nSPS) is 20.0. The van der Waals surface area contributed by atoms with Crippen LogP contribution >= 0.6 is 11.8 Å². The van der Waals surface area contributed by atoms with Gasteiger partial charge in [-0.1, -0.05) is 24.3 Å². The van der Waals surface area contributed by atoms with Gasteiger partial charge in [0.05, 0.1) is 5.75 Å². The summed E-state index contributed by atoms with van der Waals surface area (Å²) in [4.78, 5) is 20.1. The van der Waals surface area contributed by atoms with Crippen molar-refractivity contribution < 1.29 is 4.79 Å². The second-order valence-corrected chi connectivity index (χ2v) is 5.26. The smallest absolute Gasteiger partial charge is 0.167 e. The Balaban J connectivity index is 1.95. The average molecular weight is 256 g/mol. The van der Waals surface area contributed by atoms with E-state index in [4.69, 9.17) is 0 Å². The highest BCUT2D eigenvalue weighted by Crippen LogP contribution is 2.18. The summed E-state index contributed by atoms with van der Waals surface area (Å²) >= 11 is 1.65. The largest absolute Gasteiger partial charge is 0.296 e. The highest BCUT2D eigenvalue weighted by Gasteiger charge is 2.23. The topological polar surface area (TPSA) is 42.3 Å².